The van der Waals surface area contributed by atoms with Crippen molar-refractivity contribution in [2.45, 2.75) is 398 Å². The van der Waals surface area contributed by atoms with Gasteiger partial charge in [-0.05, 0) is 70.6 Å². The first-order valence-corrected chi connectivity index (χ1v) is 41.5. The summed E-state index contributed by atoms with van der Waals surface area (Å²) in [7, 11) is 1.59. The number of phosphoric acid groups is 1. The van der Waals surface area contributed by atoms with Gasteiger partial charge in [-0.3, -0.25) is 13.8 Å². The maximum Gasteiger partial charge on any atom is 0.472 e. The molecule has 0 heterocycles. The molecule has 0 aliphatic heterocycles. The number of quaternary nitrogens is 1. The fourth-order valence-corrected chi connectivity index (χ4v) is 12.7. The van der Waals surface area contributed by atoms with Gasteiger partial charge in [-0.25, -0.2) is 4.57 Å². The predicted octanol–water partition coefficient (Wildman–Crippen LogP) is 26.2. The van der Waals surface area contributed by atoms with Gasteiger partial charge >= 0.3 is 7.82 Å². The van der Waals surface area contributed by atoms with E-state index in [0.717, 1.165) is 77.0 Å². The molecule has 0 aromatic carbocycles. The van der Waals surface area contributed by atoms with Crippen LogP contribution < -0.4 is 5.32 Å². The van der Waals surface area contributed by atoms with Crippen molar-refractivity contribution in [2.75, 3.05) is 40.9 Å². The zero-order chi connectivity index (χ0) is 66.9. The van der Waals surface area contributed by atoms with E-state index < -0.39 is 20.0 Å². The molecule has 0 spiro atoms. The molecule has 0 saturated carbocycles. The first kappa shape index (κ1) is 89.7. The van der Waals surface area contributed by atoms with E-state index in [0.29, 0.717) is 17.4 Å². The van der Waals surface area contributed by atoms with Crippen molar-refractivity contribution in [1.82, 2.24) is 5.32 Å². The molecule has 0 fully saturated rings. The fourth-order valence-electron chi connectivity index (χ4n) is 12.0. The van der Waals surface area contributed by atoms with E-state index in [2.05, 4.69) is 92.1 Å². The van der Waals surface area contributed by atoms with Crippen molar-refractivity contribution in [2.24, 2.45) is 0 Å². The lowest BCUT2D eigenvalue weighted by atomic mass is 10.0. The molecule has 8 nitrogen and oxygen atoms in total. The molecule has 0 saturated heterocycles. The molecule has 3 N–H and O–H groups in total. The predicted molar refractivity (Wildman–Crippen MR) is 406 cm³/mol. The molecule has 538 valence electrons. The van der Waals surface area contributed by atoms with E-state index in [1.807, 2.05) is 27.2 Å². The molecular weight excluding hydrogens is 1150 g/mol. The third-order valence-corrected chi connectivity index (χ3v) is 19.1. The normalized spacial score (nSPS) is 13.9. The highest BCUT2D eigenvalue weighted by atomic mass is 31.2. The lowest BCUT2D eigenvalue weighted by Crippen LogP contribution is -2.45. The van der Waals surface area contributed by atoms with Crippen LogP contribution in [0.2, 0.25) is 0 Å². The number of phosphoric ester groups is 1. The molecule has 92 heavy (non-hydrogen) atoms. The highest BCUT2D eigenvalue weighted by molar-refractivity contribution is 7.47. The van der Waals surface area contributed by atoms with Gasteiger partial charge in [0.2, 0.25) is 5.91 Å². The zero-order valence-corrected chi connectivity index (χ0v) is 62.7. The number of hydrogen-bond acceptors (Lipinski definition) is 5. The molecule has 0 aliphatic rings. The largest absolute Gasteiger partial charge is 0.472 e. The van der Waals surface area contributed by atoms with Crippen molar-refractivity contribution in [3.8, 4) is 0 Å². The summed E-state index contributed by atoms with van der Waals surface area (Å²) >= 11 is 0. The topological polar surface area (TPSA) is 105 Å². The van der Waals surface area contributed by atoms with Crippen LogP contribution in [0.3, 0.4) is 0 Å². The number of unbranched alkanes of at least 4 members (excludes halogenated alkanes) is 49. The van der Waals surface area contributed by atoms with Gasteiger partial charge in [0.15, 0.2) is 0 Å². The molecule has 0 aromatic rings. The van der Waals surface area contributed by atoms with Gasteiger partial charge in [-0.2, -0.15) is 0 Å². The van der Waals surface area contributed by atoms with Crippen LogP contribution >= 0.6 is 7.82 Å². The number of rotatable bonds is 74. The lowest BCUT2D eigenvalue weighted by molar-refractivity contribution is -0.870. The van der Waals surface area contributed by atoms with Gasteiger partial charge in [0, 0.05) is 6.42 Å². The Labute approximate surface area is 573 Å². The third kappa shape index (κ3) is 75.1. The highest BCUT2D eigenvalue weighted by Crippen LogP contribution is 2.43. The van der Waals surface area contributed by atoms with E-state index in [1.165, 1.54) is 289 Å². The van der Waals surface area contributed by atoms with Crippen LogP contribution in [0.1, 0.15) is 386 Å². The highest BCUT2D eigenvalue weighted by Gasteiger charge is 2.28. The van der Waals surface area contributed by atoms with Crippen molar-refractivity contribution in [1.29, 1.82) is 0 Å². The average molecular weight is 1310 g/mol. The minimum atomic E-state index is -4.36. The number of amides is 1. The number of allylic oxidation sites excluding steroid dienone is 13. The smallest absolute Gasteiger partial charge is 0.387 e. The summed E-state index contributed by atoms with van der Waals surface area (Å²) in [4.78, 5) is 23.5. The van der Waals surface area contributed by atoms with Crippen molar-refractivity contribution < 1.29 is 32.9 Å². The van der Waals surface area contributed by atoms with Gasteiger partial charge < -0.3 is 19.8 Å². The number of nitrogens with one attached hydrogen (secondary N) is 1. The third-order valence-electron chi connectivity index (χ3n) is 18.1. The SMILES string of the molecule is CC/C=C\C/C=C\C/C=C\C/C=C\C/C=C\C/C=C\CCCCCCCCCCCCCCCCCCCCCCCCC(=O)NC(COP(=O)(O)OCC[N+](C)(C)C)C(O)/C=C/CCCCCCCCCCCCCCCCCCCCCCCCCCCCC. The molecule has 0 aliphatic carbocycles. The lowest BCUT2D eigenvalue weighted by Gasteiger charge is -2.25. The first-order valence-electron chi connectivity index (χ1n) is 40.0. The molecule has 3 unspecified atom stereocenters. The summed E-state index contributed by atoms with van der Waals surface area (Å²) in [5, 5.41) is 14.1. The molecule has 0 aromatic heterocycles. The van der Waals surface area contributed by atoms with Gasteiger partial charge in [-0.15, -0.1) is 0 Å². The van der Waals surface area contributed by atoms with Crippen LogP contribution in [0.15, 0.2) is 85.1 Å². The van der Waals surface area contributed by atoms with Crippen LogP contribution in [0.4, 0.5) is 0 Å². The number of carbonyl (C=O) groups is 1. The molecule has 3 atom stereocenters. The number of nitrogens with zero attached hydrogens (tertiary/aromatic N) is 1. The summed E-state index contributed by atoms with van der Waals surface area (Å²) in [5.74, 6) is -0.170. The summed E-state index contributed by atoms with van der Waals surface area (Å²) < 4.78 is 23.9. The van der Waals surface area contributed by atoms with E-state index in [9.17, 15) is 19.4 Å². The van der Waals surface area contributed by atoms with Crippen molar-refractivity contribution in [3.05, 3.63) is 85.1 Å². The molecule has 9 heteroatoms. The quantitative estimate of drug-likeness (QED) is 0.0243. The fraction of sp³-hybridized carbons (Fsp3) is 0.819. The van der Waals surface area contributed by atoms with Gasteiger partial charge in [-0.1, -0.05) is 394 Å². The van der Waals surface area contributed by atoms with Crippen LogP contribution in [0, 0.1) is 0 Å². The van der Waals surface area contributed by atoms with Crippen molar-refractivity contribution >= 4 is 13.7 Å². The minimum absolute atomic E-state index is 0.0619. The molecule has 1 amide bonds. The zero-order valence-electron chi connectivity index (χ0n) is 61.8. The van der Waals surface area contributed by atoms with E-state index >= 15 is 0 Å². The molecule has 0 radical (unpaired) electrons. The Morgan fingerprint density at radius 2 is 0.652 bits per heavy atom. The maximum absolute atomic E-state index is 13.1. The molecule has 0 rings (SSSR count). The summed E-state index contributed by atoms with van der Waals surface area (Å²) in [6.45, 7) is 4.75. The van der Waals surface area contributed by atoms with Gasteiger partial charge in [0.1, 0.15) is 13.2 Å². The van der Waals surface area contributed by atoms with Crippen LogP contribution in [-0.2, 0) is 18.4 Å². The number of aliphatic hydroxyl groups excluding tert-OH is 1. The summed E-state index contributed by atoms with van der Waals surface area (Å²) in [6.07, 6.45) is 105. The van der Waals surface area contributed by atoms with E-state index in [4.69, 9.17) is 9.05 Å². The Morgan fingerprint density at radius 3 is 0.957 bits per heavy atom. The number of hydrogen-bond donors (Lipinski definition) is 3. The van der Waals surface area contributed by atoms with Crippen LogP contribution in [0.25, 0.3) is 0 Å². The summed E-state index contributed by atoms with van der Waals surface area (Å²) in [5.41, 5.74) is 0. The molecule has 0 bridgehead atoms. The van der Waals surface area contributed by atoms with Gasteiger partial charge in [0.25, 0.3) is 0 Å². The monoisotopic (exact) mass is 1310 g/mol. The molecular formula is C83H156N2O6P+. The first-order chi connectivity index (χ1) is 45.0. The van der Waals surface area contributed by atoms with Crippen LogP contribution in [-0.4, -0.2) is 73.4 Å². The Hall–Kier alpha value is -2.32. The van der Waals surface area contributed by atoms with Crippen molar-refractivity contribution in [3.63, 3.8) is 0 Å². The second-order valence-electron chi connectivity index (χ2n) is 28.4. The second-order valence-corrected chi connectivity index (χ2v) is 29.9. The van der Waals surface area contributed by atoms with Gasteiger partial charge in [0.05, 0.1) is 39.9 Å². The Balaban J connectivity index is 3.95. The number of aliphatic hydroxyl groups is 1. The van der Waals surface area contributed by atoms with E-state index in [-0.39, 0.29) is 19.1 Å². The standard InChI is InChI=1S/C83H155N2O6P/c1-6-8-10-12-14-16-18-20-22-24-26-28-30-32-34-36-37-38-39-40-41-42-43-44-45-46-47-49-51-53-55-57-59-61-63-65-67-69-71-73-75-77-83(87)84-81(80-91-92(88,89)90-79-78-85(3,4)5)82(86)76-74-72-70-68-66-64-62-60-58-56-54-52-50-48-35-33-31-29-27-25-23-21-19-17-15-13-11-9-7-2/h8,10,14,16,20,22,26,28,32,34,37-38,74,76,81-82,86H,6-7,9,11-13,15,17-19,21,23-25,27,29-31,33,35-36,39-73,75,77-80H2,1-5H3,(H-,84,87,88,89)/p+1/b10-8-,16-14-,22-20-,28-26-,34-32-,38-37-,76-74+. The minimum Gasteiger partial charge on any atom is -0.387 e. The maximum atomic E-state index is 13.1. The second kappa shape index (κ2) is 72.9. The Morgan fingerprint density at radius 1 is 0.380 bits per heavy atom. The number of carbonyl (C=O) groups excluding carboxylic acids is 1. The van der Waals surface area contributed by atoms with Crippen LogP contribution in [0.5, 0.6) is 0 Å². The van der Waals surface area contributed by atoms with E-state index in [1.54, 1.807) is 6.08 Å². The summed E-state index contributed by atoms with van der Waals surface area (Å²) in [6, 6.07) is -0.850. The number of likely N-dealkylation sites (N-methyl/N-ethyl adjacent to an activating group) is 1. The average Bonchev–Trinajstić information content (AvgIpc) is 2.63. The Kier molecular flexibility index (Phi) is 71.1. The Bertz CT molecular complexity index is 1780.